The monoisotopic (exact) mass is 298 g/mol. The molecule has 2 heterocycles. The Kier molecular flexibility index (Phi) is 4.11. The smallest absolute Gasteiger partial charge is 0.225 e. The highest BCUT2D eigenvalue weighted by Gasteiger charge is 2.16. The molecule has 0 aliphatic rings. The Bertz CT molecular complexity index is 643. The van der Waals surface area contributed by atoms with Gasteiger partial charge in [0.05, 0.1) is 12.5 Å². The highest BCUT2D eigenvalue weighted by atomic mass is 32.1. The number of carbonyl (C=O) groups excluding carboxylic acids is 1. The number of aromatic nitrogens is 3. The topological polar surface area (TPSA) is 83.8 Å². The van der Waals surface area contributed by atoms with Crippen molar-refractivity contribution >= 4 is 29.5 Å². The number of carbonyl (C=O) groups is 1. The summed E-state index contributed by atoms with van der Waals surface area (Å²) in [6.07, 6.45) is 0.296. The SMILES string of the molecule is Cc1nc([C@@H](C)NC(=O)Cc2sc(=S)[nH]c2C)no1. The fourth-order valence-corrected chi connectivity index (χ4v) is 2.89. The van der Waals surface area contributed by atoms with E-state index in [2.05, 4.69) is 20.4 Å². The number of nitrogens with zero attached hydrogens (tertiary/aromatic N) is 2. The molecule has 2 aromatic heterocycles. The van der Waals surface area contributed by atoms with Crippen LogP contribution in [0.1, 0.15) is 35.3 Å². The molecule has 102 valence electrons. The fourth-order valence-electron chi connectivity index (χ4n) is 1.60. The highest BCUT2D eigenvalue weighted by molar-refractivity contribution is 7.73. The number of amides is 1. The van der Waals surface area contributed by atoms with Gasteiger partial charge in [0.1, 0.15) is 0 Å². The van der Waals surface area contributed by atoms with Crippen LogP contribution in [-0.4, -0.2) is 21.0 Å². The average Bonchev–Trinajstić information content (AvgIpc) is 2.86. The van der Waals surface area contributed by atoms with Crippen molar-refractivity contribution in [2.24, 2.45) is 0 Å². The molecule has 0 aliphatic carbocycles. The van der Waals surface area contributed by atoms with Crippen LogP contribution in [0.3, 0.4) is 0 Å². The summed E-state index contributed by atoms with van der Waals surface area (Å²) in [7, 11) is 0. The van der Waals surface area contributed by atoms with Crippen molar-refractivity contribution in [1.82, 2.24) is 20.4 Å². The zero-order valence-corrected chi connectivity index (χ0v) is 12.4. The second kappa shape index (κ2) is 5.62. The second-order valence-electron chi connectivity index (χ2n) is 4.20. The van der Waals surface area contributed by atoms with E-state index in [1.54, 1.807) is 6.92 Å². The van der Waals surface area contributed by atoms with Crippen LogP contribution in [0.4, 0.5) is 0 Å². The maximum atomic E-state index is 11.9. The van der Waals surface area contributed by atoms with Crippen LogP contribution >= 0.6 is 23.6 Å². The van der Waals surface area contributed by atoms with Crippen LogP contribution < -0.4 is 5.32 Å². The number of aryl methyl sites for hydroxylation is 2. The molecule has 0 aliphatic heterocycles. The fraction of sp³-hybridized carbons (Fsp3) is 0.455. The Morgan fingerprint density at radius 2 is 2.32 bits per heavy atom. The third-order valence-electron chi connectivity index (χ3n) is 2.55. The first kappa shape index (κ1) is 13.9. The van der Waals surface area contributed by atoms with Crippen molar-refractivity contribution in [2.75, 3.05) is 0 Å². The number of hydrogen-bond donors (Lipinski definition) is 2. The van der Waals surface area contributed by atoms with Gasteiger partial charge in [-0.05, 0) is 26.1 Å². The Morgan fingerprint density at radius 1 is 1.58 bits per heavy atom. The molecule has 0 spiro atoms. The van der Waals surface area contributed by atoms with Crippen LogP contribution in [0.25, 0.3) is 0 Å². The molecule has 0 fully saturated rings. The zero-order chi connectivity index (χ0) is 14.0. The Labute approximate surface area is 119 Å². The molecule has 6 nitrogen and oxygen atoms in total. The van der Waals surface area contributed by atoms with Gasteiger partial charge in [-0.15, -0.1) is 11.3 Å². The molecule has 1 atom stereocenters. The molecule has 0 unspecified atom stereocenters. The van der Waals surface area contributed by atoms with Gasteiger partial charge in [0.2, 0.25) is 11.8 Å². The van der Waals surface area contributed by atoms with Gasteiger partial charge < -0.3 is 14.8 Å². The van der Waals surface area contributed by atoms with E-state index in [-0.39, 0.29) is 11.9 Å². The minimum Gasteiger partial charge on any atom is -0.346 e. The first-order valence-corrected chi connectivity index (χ1v) is 6.96. The molecule has 2 rings (SSSR count). The molecule has 0 saturated carbocycles. The summed E-state index contributed by atoms with van der Waals surface area (Å²) in [5.41, 5.74) is 0.938. The molecule has 0 bridgehead atoms. The number of aromatic amines is 1. The summed E-state index contributed by atoms with van der Waals surface area (Å²) in [6.45, 7) is 5.43. The predicted molar refractivity (Wildman–Crippen MR) is 73.5 cm³/mol. The molecule has 0 saturated heterocycles. The van der Waals surface area contributed by atoms with Crippen LogP contribution in [0.15, 0.2) is 4.52 Å². The van der Waals surface area contributed by atoms with Gasteiger partial charge in [-0.25, -0.2) is 0 Å². The maximum absolute atomic E-state index is 11.9. The van der Waals surface area contributed by atoms with Crippen molar-refractivity contribution in [3.05, 3.63) is 26.2 Å². The van der Waals surface area contributed by atoms with Crippen molar-refractivity contribution in [2.45, 2.75) is 33.2 Å². The average molecular weight is 298 g/mol. The quantitative estimate of drug-likeness (QED) is 0.846. The molecule has 0 aromatic carbocycles. The second-order valence-corrected chi connectivity index (χ2v) is 5.97. The largest absolute Gasteiger partial charge is 0.346 e. The molecular weight excluding hydrogens is 284 g/mol. The number of thiazole rings is 1. The number of rotatable bonds is 4. The first-order chi connectivity index (χ1) is 8.95. The zero-order valence-electron chi connectivity index (χ0n) is 10.8. The van der Waals surface area contributed by atoms with Gasteiger partial charge in [-0.1, -0.05) is 5.16 Å². The number of H-pyrrole nitrogens is 1. The Hall–Kier alpha value is -1.54. The van der Waals surface area contributed by atoms with E-state index in [4.69, 9.17) is 16.7 Å². The maximum Gasteiger partial charge on any atom is 0.225 e. The minimum atomic E-state index is -0.280. The molecule has 2 aromatic rings. The Morgan fingerprint density at radius 3 is 2.84 bits per heavy atom. The van der Waals surface area contributed by atoms with Crippen LogP contribution in [0, 0.1) is 17.8 Å². The summed E-state index contributed by atoms with van der Waals surface area (Å²) >= 11 is 6.46. The van der Waals surface area contributed by atoms with Gasteiger partial charge in [-0.3, -0.25) is 4.79 Å². The lowest BCUT2D eigenvalue weighted by Gasteiger charge is -2.09. The summed E-state index contributed by atoms with van der Waals surface area (Å²) < 4.78 is 5.56. The molecule has 0 radical (unpaired) electrons. The summed E-state index contributed by atoms with van der Waals surface area (Å²) in [5, 5.41) is 6.61. The van der Waals surface area contributed by atoms with Crippen molar-refractivity contribution in [3.8, 4) is 0 Å². The molecular formula is C11H14N4O2S2. The summed E-state index contributed by atoms with van der Waals surface area (Å²) in [4.78, 5) is 20.0. The molecule has 2 N–H and O–H groups in total. The van der Waals surface area contributed by atoms with Gasteiger partial charge in [-0.2, -0.15) is 4.98 Å². The molecule has 1 amide bonds. The van der Waals surface area contributed by atoms with E-state index in [0.717, 1.165) is 10.6 Å². The van der Waals surface area contributed by atoms with E-state index >= 15 is 0 Å². The van der Waals surface area contributed by atoms with Crippen molar-refractivity contribution < 1.29 is 9.32 Å². The molecule has 19 heavy (non-hydrogen) atoms. The summed E-state index contributed by atoms with van der Waals surface area (Å²) in [5.74, 6) is 0.864. The minimum absolute atomic E-state index is 0.0942. The standard InChI is InChI=1S/C11H14N4O2S2/c1-5-8(19-11(18)13-5)4-9(16)12-6(2)10-14-7(3)17-15-10/h6H,4H2,1-3H3,(H,12,16)(H,13,18)/t6-/m1/s1. The number of hydrogen-bond acceptors (Lipinski definition) is 6. The highest BCUT2D eigenvalue weighted by Crippen LogP contribution is 2.16. The lowest BCUT2D eigenvalue weighted by molar-refractivity contribution is -0.121. The predicted octanol–water partition coefficient (Wildman–Crippen LogP) is 2.23. The van der Waals surface area contributed by atoms with E-state index in [1.807, 2.05) is 13.8 Å². The van der Waals surface area contributed by atoms with Crippen LogP contribution in [-0.2, 0) is 11.2 Å². The van der Waals surface area contributed by atoms with Gasteiger partial charge >= 0.3 is 0 Å². The van der Waals surface area contributed by atoms with Gasteiger partial charge in [0, 0.05) is 17.5 Å². The Balaban J connectivity index is 1.98. The van der Waals surface area contributed by atoms with Crippen LogP contribution in [0.5, 0.6) is 0 Å². The van der Waals surface area contributed by atoms with Gasteiger partial charge in [0.25, 0.3) is 0 Å². The third-order valence-corrected chi connectivity index (χ3v) is 3.89. The number of nitrogens with one attached hydrogen (secondary N) is 2. The lowest BCUT2D eigenvalue weighted by atomic mass is 10.2. The van der Waals surface area contributed by atoms with Gasteiger partial charge in [0.15, 0.2) is 9.78 Å². The first-order valence-electron chi connectivity index (χ1n) is 5.74. The third kappa shape index (κ3) is 3.48. The normalized spacial score (nSPS) is 12.4. The van der Waals surface area contributed by atoms with E-state index in [9.17, 15) is 4.79 Å². The van der Waals surface area contributed by atoms with E-state index in [1.165, 1.54) is 11.3 Å². The van der Waals surface area contributed by atoms with E-state index in [0.29, 0.717) is 22.1 Å². The van der Waals surface area contributed by atoms with Crippen molar-refractivity contribution in [1.29, 1.82) is 0 Å². The lowest BCUT2D eigenvalue weighted by Crippen LogP contribution is -2.28. The van der Waals surface area contributed by atoms with Crippen LogP contribution in [0.2, 0.25) is 0 Å². The molecule has 8 heteroatoms. The summed E-state index contributed by atoms with van der Waals surface area (Å²) in [6, 6.07) is -0.280. The van der Waals surface area contributed by atoms with E-state index < -0.39 is 0 Å². The van der Waals surface area contributed by atoms with Crippen molar-refractivity contribution in [3.63, 3.8) is 0 Å².